The van der Waals surface area contributed by atoms with Gasteiger partial charge in [-0.15, -0.1) is 0 Å². The highest BCUT2D eigenvalue weighted by Gasteiger charge is 2.21. The Hall–Kier alpha value is -0.610. The quantitative estimate of drug-likeness (QED) is 0.777. The van der Waals surface area contributed by atoms with E-state index < -0.39 is 0 Å². The molecule has 0 saturated carbocycles. The van der Waals surface area contributed by atoms with Gasteiger partial charge in [-0.1, -0.05) is 13.3 Å². The maximum atomic E-state index is 12.0. The van der Waals surface area contributed by atoms with Crippen molar-refractivity contribution in [1.82, 2.24) is 15.5 Å². The van der Waals surface area contributed by atoms with Crippen molar-refractivity contribution >= 4 is 5.91 Å². The molecule has 2 rings (SSSR count). The minimum absolute atomic E-state index is 0.236. The molecule has 2 fully saturated rings. The summed E-state index contributed by atoms with van der Waals surface area (Å²) in [5, 5.41) is 6.54. The van der Waals surface area contributed by atoms with Crippen molar-refractivity contribution in [2.24, 2.45) is 11.8 Å². The fraction of sp³-hybridized carbons (Fsp3) is 0.938. The van der Waals surface area contributed by atoms with Crippen LogP contribution in [0.3, 0.4) is 0 Å². The van der Waals surface area contributed by atoms with E-state index in [0.29, 0.717) is 18.3 Å². The second kappa shape index (κ2) is 8.63. The summed E-state index contributed by atoms with van der Waals surface area (Å²) in [6, 6.07) is 0. The molecule has 2 heterocycles. The maximum absolute atomic E-state index is 12.0. The number of nitrogens with one attached hydrogen (secondary N) is 2. The molecule has 4 nitrogen and oxygen atoms in total. The van der Waals surface area contributed by atoms with Gasteiger partial charge in [-0.05, 0) is 63.7 Å². The minimum atomic E-state index is 0.236. The molecule has 0 radical (unpaired) electrons. The monoisotopic (exact) mass is 281 g/mol. The number of hydrogen-bond acceptors (Lipinski definition) is 3. The van der Waals surface area contributed by atoms with Gasteiger partial charge in [0.25, 0.3) is 0 Å². The van der Waals surface area contributed by atoms with E-state index in [-0.39, 0.29) is 5.91 Å². The van der Waals surface area contributed by atoms with Gasteiger partial charge in [0.05, 0.1) is 0 Å². The summed E-state index contributed by atoms with van der Waals surface area (Å²) in [7, 11) is 0. The second-order valence-electron chi connectivity index (χ2n) is 6.54. The van der Waals surface area contributed by atoms with Gasteiger partial charge >= 0.3 is 0 Å². The molecule has 2 aliphatic rings. The summed E-state index contributed by atoms with van der Waals surface area (Å²) < 4.78 is 0. The molecule has 20 heavy (non-hydrogen) atoms. The Bertz CT molecular complexity index is 283. The maximum Gasteiger partial charge on any atom is 0.220 e. The van der Waals surface area contributed by atoms with Crippen molar-refractivity contribution in [2.75, 3.05) is 39.3 Å². The molecule has 2 atom stereocenters. The van der Waals surface area contributed by atoms with Crippen LogP contribution >= 0.6 is 0 Å². The van der Waals surface area contributed by atoms with Crippen molar-refractivity contribution < 1.29 is 4.79 Å². The summed E-state index contributed by atoms with van der Waals surface area (Å²) in [4.78, 5) is 14.5. The number of likely N-dealkylation sites (tertiary alicyclic amines) is 1. The first kappa shape index (κ1) is 15.8. The van der Waals surface area contributed by atoms with Crippen LogP contribution in [0.5, 0.6) is 0 Å². The summed E-state index contributed by atoms with van der Waals surface area (Å²) in [5.74, 6) is 1.41. The Morgan fingerprint density at radius 2 is 2.10 bits per heavy atom. The second-order valence-corrected chi connectivity index (χ2v) is 6.54. The highest BCUT2D eigenvalue weighted by molar-refractivity contribution is 5.76. The zero-order valence-corrected chi connectivity index (χ0v) is 13.0. The fourth-order valence-electron chi connectivity index (χ4n) is 3.43. The fourth-order valence-corrected chi connectivity index (χ4v) is 3.43. The van der Waals surface area contributed by atoms with E-state index in [0.717, 1.165) is 26.2 Å². The first-order valence-electron chi connectivity index (χ1n) is 8.45. The topological polar surface area (TPSA) is 44.4 Å². The van der Waals surface area contributed by atoms with Crippen molar-refractivity contribution in [3.05, 3.63) is 0 Å². The van der Waals surface area contributed by atoms with Gasteiger partial charge < -0.3 is 15.5 Å². The van der Waals surface area contributed by atoms with E-state index in [1.165, 1.54) is 45.2 Å². The smallest absolute Gasteiger partial charge is 0.220 e. The lowest BCUT2D eigenvalue weighted by Crippen LogP contribution is -2.39. The normalized spacial score (nSPS) is 26.1. The summed E-state index contributed by atoms with van der Waals surface area (Å²) in [6.07, 6.45) is 7.22. The lowest BCUT2D eigenvalue weighted by molar-refractivity contribution is -0.122. The van der Waals surface area contributed by atoms with Gasteiger partial charge in [0, 0.05) is 19.5 Å². The molecule has 2 N–H and O–H groups in total. The molecule has 2 saturated heterocycles. The van der Waals surface area contributed by atoms with Gasteiger partial charge in [-0.25, -0.2) is 0 Å². The van der Waals surface area contributed by atoms with Gasteiger partial charge in [0.1, 0.15) is 0 Å². The van der Waals surface area contributed by atoms with Crippen LogP contribution < -0.4 is 10.6 Å². The summed E-state index contributed by atoms with van der Waals surface area (Å²) in [6.45, 7) is 8.70. The van der Waals surface area contributed by atoms with Crippen LogP contribution in [-0.4, -0.2) is 50.1 Å². The molecule has 116 valence electrons. The molecule has 2 unspecified atom stereocenters. The lowest BCUT2D eigenvalue weighted by Gasteiger charge is -2.28. The average Bonchev–Trinajstić information content (AvgIpc) is 2.49. The first-order valence-corrected chi connectivity index (χ1v) is 8.45. The predicted octanol–water partition coefficient (Wildman–Crippen LogP) is 1.61. The van der Waals surface area contributed by atoms with E-state index in [2.05, 4.69) is 22.5 Å². The lowest BCUT2D eigenvalue weighted by atomic mass is 9.85. The van der Waals surface area contributed by atoms with Crippen LogP contribution in [0.1, 0.15) is 45.4 Å². The Kier molecular flexibility index (Phi) is 6.80. The number of amides is 1. The van der Waals surface area contributed by atoms with Gasteiger partial charge in [0.15, 0.2) is 0 Å². The third-order valence-electron chi connectivity index (χ3n) is 4.85. The molecule has 0 aromatic heterocycles. The first-order chi connectivity index (χ1) is 9.75. The van der Waals surface area contributed by atoms with Crippen LogP contribution in [0.25, 0.3) is 0 Å². The Morgan fingerprint density at radius 1 is 1.30 bits per heavy atom. The van der Waals surface area contributed by atoms with E-state index in [4.69, 9.17) is 0 Å². The zero-order chi connectivity index (χ0) is 14.2. The molecule has 4 heteroatoms. The highest BCUT2D eigenvalue weighted by atomic mass is 16.1. The minimum Gasteiger partial charge on any atom is -0.355 e. The largest absolute Gasteiger partial charge is 0.355 e. The highest BCUT2D eigenvalue weighted by Crippen LogP contribution is 2.22. The van der Waals surface area contributed by atoms with Crippen LogP contribution in [0.2, 0.25) is 0 Å². The van der Waals surface area contributed by atoms with Crippen LogP contribution in [0, 0.1) is 11.8 Å². The number of rotatable bonds is 6. The number of piperidine rings is 2. The molecular weight excluding hydrogens is 250 g/mol. The third-order valence-corrected chi connectivity index (χ3v) is 4.85. The van der Waals surface area contributed by atoms with Crippen molar-refractivity contribution in [3.8, 4) is 0 Å². The zero-order valence-electron chi connectivity index (χ0n) is 13.0. The van der Waals surface area contributed by atoms with Crippen LogP contribution in [0.15, 0.2) is 0 Å². The number of carbonyl (C=O) groups is 1. The van der Waals surface area contributed by atoms with Gasteiger partial charge in [0.2, 0.25) is 5.91 Å². The molecule has 1 amide bonds. The molecule has 0 bridgehead atoms. The van der Waals surface area contributed by atoms with E-state index in [9.17, 15) is 4.79 Å². The summed E-state index contributed by atoms with van der Waals surface area (Å²) in [5.41, 5.74) is 0. The van der Waals surface area contributed by atoms with Gasteiger partial charge in [-0.2, -0.15) is 0 Å². The molecule has 0 aliphatic carbocycles. The molecule has 0 spiro atoms. The molecule has 0 aromatic rings. The number of carbonyl (C=O) groups excluding carboxylic acids is 1. The SMILES string of the molecule is CC(CC(=O)NCCN1CCCCC1)C1CCCNC1. The van der Waals surface area contributed by atoms with Crippen LogP contribution in [-0.2, 0) is 4.79 Å². The van der Waals surface area contributed by atoms with Crippen molar-refractivity contribution in [3.63, 3.8) is 0 Å². The Balaban J connectivity index is 1.57. The van der Waals surface area contributed by atoms with Crippen molar-refractivity contribution in [2.45, 2.75) is 45.4 Å². The van der Waals surface area contributed by atoms with Crippen molar-refractivity contribution in [1.29, 1.82) is 0 Å². The molecule has 0 aromatic carbocycles. The van der Waals surface area contributed by atoms with Gasteiger partial charge in [-0.3, -0.25) is 4.79 Å². The van der Waals surface area contributed by atoms with E-state index in [1.54, 1.807) is 0 Å². The Morgan fingerprint density at radius 3 is 2.80 bits per heavy atom. The average molecular weight is 281 g/mol. The summed E-state index contributed by atoms with van der Waals surface area (Å²) >= 11 is 0. The molecule has 2 aliphatic heterocycles. The van der Waals surface area contributed by atoms with E-state index in [1.807, 2.05) is 0 Å². The number of hydrogen-bond donors (Lipinski definition) is 2. The predicted molar refractivity (Wildman–Crippen MR) is 82.7 cm³/mol. The Labute approximate surface area is 123 Å². The van der Waals surface area contributed by atoms with Crippen LogP contribution in [0.4, 0.5) is 0 Å². The number of nitrogens with zero attached hydrogens (tertiary/aromatic N) is 1. The third kappa shape index (κ3) is 5.41. The standard InChI is InChI=1S/C16H31N3O/c1-14(15-6-5-7-17-13-15)12-16(20)18-8-11-19-9-3-2-4-10-19/h14-15,17H,2-13H2,1H3,(H,18,20). The molecular formula is C16H31N3O. The van der Waals surface area contributed by atoms with E-state index >= 15 is 0 Å².